The topological polar surface area (TPSA) is 91.2 Å². The molecule has 1 N–H and O–H groups in total. The summed E-state index contributed by atoms with van der Waals surface area (Å²) >= 11 is 0. The zero-order valence-corrected chi connectivity index (χ0v) is 11.8. The van der Waals surface area contributed by atoms with Gasteiger partial charge >= 0.3 is 0 Å². The number of hydrogen-bond donors (Lipinski definition) is 1. The Morgan fingerprint density at radius 2 is 2.09 bits per heavy atom. The first-order valence-electron chi connectivity index (χ1n) is 6.81. The Morgan fingerprint density at radius 3 is 2.96 bits per heavy atom. The highest BCUT2D eigenvalue weighted by Gasteiger charge is 2.16. The standard InChI is InChI=1S/C15H11N5O3/c21-15(10-1-2-11-12(5-10)23-9-22-11)19-13-6-14(18-7-17-13)20-4-3-16-8-20/h1-8H,9H2,(H,17,18,19,21). The van der Waals surface area contributed by atoms with Crippen molar-refractivity contribution in [2.24, 2.45) is 0 Å². The number of nitrogens with one attached hydrogen (secondary N) is 1. The second-order valence-corrected chi connectivity index (χ2v) is 4.75. The Morgan fingerprint density at radius 1 is 1.17 bits per heavy atom. The first-order chi connectivity index (χ1) is 11.3. The molecule has 4 rings (SSSR count). The summed E-state index contributed by atoms with van der Waals surface area (Å²) in [7, 11) is 0. The van der Waals surface area contributed by atoms with Crippen LogP contribution in [0.15, 0.2) is 49.3 Å². The summed E-state index contributed by atoms with van der Waals surface area (Å²) in [5.41, 5.74) is 0.456. The van der Waals surface area contributed by atoms with Gasteiger partial charge in [-0.25, -0.2) is 15.0 Å². The molecule has 0 saturated heterocycles. The maximum atomic E-state index is 12.3. The van der Waals surface area contributed by atoms with E-state index in [-0.39, 0.29) is 12.7 Å². The second kappa shape index (κ2) is 5.41. The fraction of sp³-hybridized carbons (Fsp3) is 0.0667. The van der Waals surface area contributed by atoms with Crippen molar-refractivity contribution in [1.29, 1.82) is 0 Å². The van der Waals surface area contributed by atoms with E-state index >= 15 is 0 Å². The average molecular weight is 309 g/mol. The molecule has 2 aromatic heterocycles. The molecule has 0 radical (unpaired) electrons. The number of fused-ring (bicyclic) bond motifs is 1. The van der Waals surface area contributed by atoms with Gasteiger partial charge in [-0.1, -0.05) is 0 Å². The molecule has 0 fully saturated rings. The van der Waals surface area contributed by atoms with Crippen molar-refractivity contribution in [3.63, 3.8) is 0 Å². The van der Waals surface area contributed by atoms with Gasteiger partial charge in [0, 0.05) is 24.0 Å². The lowest BCUT2D eigenvalue weighted by molar-refractivity contribution is 0.102. The van der Waals surface area contributed by atoms with Crippen molar-refractivity contribution in [2.75, 3.05) is 12.1 Å². The summed E-state index contributed by atoms with van der Waals surface area (Å²) in [5.74, 6) is 1.90. The third-order valence-corrected chi connectivity index (χ3v) is 3.30. The van der Waals surface area contributed by atoms with E-state index < -0.39 is 0 Å². The summed E-state index contributed by atoms with van der Waals surface area (Å²) in [6, 6.07) is 6.66. The van der Waals surface area contributed by atoms with Crippen LogP contribution < -0.4 is 14.8 Å². The van der Waals surface area contributed by atoms with E-state index in [1.807, 2.05) is 0 Å². The van der Waals surface area contributed by atoms with Crippen molar-refractivity contribution >= 4 is 11.7 Å². The fourth-order valence-electron chi connectivity index (χ4n) is 2.18. The Balaban J connectivity index is 1.56. The highest BCUT2D eigenvalue weighted by atomic mass is 16.7. The van der Waals surface area contributed by atoms with Gasteiger partial charge in [0.15, 0.2) is 11.5 Å². The molecule has 0 saturated carbocycles. The number of benzene rings is 1. The minimum absolute atomic E-state index is 0.167. The van der Waals surface area contributed by atoms with Gasteiger partial charge in [0.2, 0.25) is 6.79 Å². The smallest absolute Gasteiger partial charge is 0.256 e. The second-order valence-electron chi connectivity index (χ2n) is 4.75. The number of aromatic nitrogens is 4. The van der Waals surface area contributed by atoms with Gasteiger partial charge in [0.1, 0.15) is 24.3 Å². The number of carbonyl (C=O) groups excluding carboxylic acids is 1. The van der Waals surface area contributed by atoms with E-state index in [1.54, 1.807) is 47.6 Å². The van der Waals surface area contributed by atoms with Crippen molar-refractivity contribution < 1.29 is 14.3 Å². The lowest BCUT2D eigenvalue weighted by Crippen LogP contribution is -2.13. The fourth-order valence-corrected chi connectivity index (χ4v) is 2.18. The molecule has 3 aromatic rings. The van der Waals surface area contributed by atoms with E-state index in [2.05, 4.69) is 20.3 Å². The minimum atomic E-state index is -0.293. The van der Waals surface area contributed by atoms with E-state index in [4.69, 9.17) is 9.47 Å². The molecule has 1 aromatic carbocycles. The van der Waals surface area contributed by atoms with Gasteiger partial charge in [-0.2, -0.15) is 0 Å². The van der Waals surface area contributed by atoms with Gasteiger partial charge in [0.25, 0.3) is 5.91 Å². The van der Waals surface area contributed by atoms with Gasteiger partial charge in [-0.05, 0) is 18.2 Å². The number of rotatable bonds is 3. The largest absolute Gasteiger partial charge is 0.454 e. The van der Waals surface area contributed by atoms with E-state index in [0.717, 1.165) is 0 Å². The third-order valence-electron chi connectivity index (χ3n) is 3.30. The lowest BCUT2D eigenvalue weighted by atomic mass is 10.2. The Kier molecular flexibility index (Phi) is 3.12. The van der Waals surface area contributed by atoms with Crippen LogP contribution in [0.4, 0.5) is 5.82 Å². The first-order valence-corrected chi connectivity index (χ1v) is 6.81. The summed E-state index contributed by atoms with van der Waals surface area (Å²) < 4.78 is 12.2. The number of anilines is 1. The molecule has 0 spiro atoms. The number of amides is 1. The predicted molar refractivity (Wildman–Crippen MR) is 79.7 cm³/mol. The summed E-state index contributed by atoms with van der Waals surface area (Å²) in [6.45, 7) is 0.167. The van der Waals surface area contributed by atoms with Crippen molar-refractivity contribution in [1.82, 2.24) is 19.5 Å². The molecule has 0 aliphatic carbocycles. The van der Waals surface area contributed by atoms with Crippen LogP contribution in [0.2, 0.25) is 0 Å². The molecule has 8 nitrogen and oxygen atoms in total. The molecule has 3 heterocycles. The quantitative estimate of drug-likeness (QED) is 0.791. The zero-order valence-electron chi connectivity index (χ0n) is 11.8. The SMILES string of the molecule is O=C(Nc1cc(-n2ccnc2)ncn1)c1ccc2c(c1)OCO2. The van der Waals surface area contributed by atoms with Gasteiger partial charge in [0.05, 0.1) is 0 Å². The highest BCUT2D eigenvalue weighted by molar-refractivity contribution is 6.04. The van der Waals surface area contributed by atoms with Crippen molar-refractivity contribution in [3.05, 3.63) is 54.9 Å². The maximum absolute atomic E-state index is 12.3. The molecule has 1 aliphatic rings. The molecule has 114 valence electrons. The molecule has 0 atom stereocenters. The molecule has 0 bridgehead atoms. The van der Waals surface area contributed by atoms with Crippen LogP contribution in [-0.2, 0) is 0 Å². The summed E-state index contributed by atoms with van der Waals surface area (Å²) in [5, 5.41) is 2.73. The molecule has 1 aliphatic heterocycles. The maximum Gasteiger partial charge on any atom is 0.256 e. The average Bonchev–Trinajstić information content (AvgIpc) is 3.26. The van der Waals surface area contributed by atoms with Crippen LogP contribution in [-0.4, -0.2) is 32.2 Å². The monoisotopic (exact) mass is 309 g/mol. The third kappa shape index (κ3) is 2.57. The number of imidazole rings is 1. The highest BCUT2D eigenvalue weighted by Crippen LogP contribution is 2.32. The summed E-state index contributed by atoms with van der Waals surface area (Å²) in [6.07, 6.45) is 6.40. The predicted octanol–water partition coefficient (Wildman–Crippen LogP) is 1.64. The zero-order chi connectivity index (χ0) is 15.6. The molecular formula is C15H11N5O3. The van der Waals surface area contributed by atoms with Crippen LogP contribution >= 0.6 is 0 Å². The van der Waals surface area contributed by atoms with E-state index in [1.165, 1.54) is 6.33 Å². The van der Waals surface area contributed by atoms with Crippen LogP contribution in [0.1, 0.15) is 10.4 Å². The Labute approximate surface area is 130 Å². The van der Waals surface area contributed by atoms with E-state index in [9.17, 15) is 4.79 Å². The number of ether oxygens (including phenoxy) is 2. The van der Waals surface area contributed by atoms with E-state index in [0.29, 0.717) is 28.7 Å². The van der Waals surface area contributed by atoms with Crippen molar-refractivity contribution in [3.8, 4) is 17.3 Å². The van der Waals surface area contributed by atoms with Gasteiger partial charge in [-0.15, -0.1) is 0 Å². The van der Waals surface area contributed by atoms with Gasteiger partial charge in [-0.3, -0.25) is 9.36 Å². The number of carbonyl (C=O) groups is 1. The number of hydrogen-bond acceptors (Lipinski definition) is 6. The molecule has 0 unspecified atom stereocenters. The van der Waals surface area contributed by atoms with Crippen LogP contribution in [0.25, 0.3) is 5.82 Å². The van der Waals surface area contributed by atoms with Gasteiger partial charge < -0.3 is 14.8 Å². The molecule has 8 heteroatoms. The summed E-state index contributed by atoms with van der Waals surface area (Å²) in [4.78, 5) is 24.5. The normalized spacial score (nSPS) is 12.2. The molecule has 1 amide bonds. The van der Waals surface area contributed by atoms with Crippen LogP contribution in [0.3, 0.4) is 0 Å². The van der Waals surface area contributed by atoms with Crippen LogP contribution in [0.5, 0.6) is 11.5 Å². The molecular weight excluding hydrogens is 298 g/mol. The first kappa shape index (κ1) is 13.3. The van der Waals surface area contributed by atoms with Crippen LogP contribution in [0, 0.1) is 0 Å². The minimum Gasteiger partial charge on any atom is -0.454 e. The lowest BCUT2D eigenvalue weighted by Gasteiger charge is -2.07. The van der Waals surface area contributed by atoms with Crippen molar-refractivity contribution in [2.45, 2.75) is 0 Å². The Bertz CT molecular complexity index is 863. The molecule has 23 heavy (non-hydrogen) atoms. The number of nitrogens with zero attached hydrogens (tertiary/aromatic N) is 4. The Hall–Kier alpha value is -3.42.